The van der Waals surface area contributed by atoms with Gasteiger partial charge in [-0.1, -0.05) is 54.6 Å². The van der Waals surface area contributed by atoms with Crippen LogP contribution < -0.4 is 9.47 Å². The van der Waals surface area contributed by atoms with E-state index in [0.29, 0.717) is 11.5 Å². The van der Waals surface area contributed by atoms with Gasteiger partial charge in [0.15, 0.2) is 0 Å². The summed E-state index contributed by atoms with van der Waals surface area (Å²) in [5.74, 6) is 1.41. The first-order chi connectivity index (χ1) is 12.8. The highest BCUT2D eigenvalue weighted by Gasteiger charge is 2.14. The predicted molar refractivity (Wildman–Crippen MR) is 98.4 cm³/mol. The minimum atomic E-state index is -0.535. The number of esters is 1. The van der Waals surface area contributed by atoms with Crippen LogP contribution in [0, 0.1) is 0 Å². The van der Waals surface area contributed by atoms with Crippen LogP contribution in [0.2, 0.25) is 0 Å². The second kappa shape index (κ2) is 7.15. The van der Waals surface area contributed by atoms with Gasteiger partial charge in [-0.25, -0.2) is 4.79 Å². The highest BCUT2D eigenvalue weighted by molar-refractivity contribution is 5.88. The molecule has 4 aromatic rings. The third kappa shape index (κ3) is 3.44. The molecule has 0 spiro atoms. The smallest absolute Gasteiger partial charge is 0.379 e. The van der Waals surface area contributed by atoms with Crippen LogP contribution >= 0.6 is 0 Å². The Morgan fingerprint density at radius 1 is 0.808 bits per heavy atom. The van der Waals surface area contributed by atoms with Gasteiger partial charge >= 0.3 is 5.97 Å². The van der Waals surface area contributed by atoms with Gasteiger partial charge in [0.2, 0.25) is 5.76 Å². The zero-order chi connectivity index (χ0) is 17.8. The van der Waals surface area contributed by atoms with Gasteiger partial charge < -0.3 is 13.9 Å². The van der Waals surface area contributed by atoms with Gasteiger partial charge in [0, 0.05) is 5.39 Å². The first-order valence-corrected chi connectivity index (χ1v) is 8.26. The van der Waals surface area contributed by atoms with Gasteiger partial charge in [0.05, 0.1) is 0 Å². The zero-order valence-corrected chi connectivity index (χ0v) is 13.9. The lowest BCUT2D eigenvalue weighted by atomic mass is 10.1. The van der Waals surface area contributed by atoms with Crippen molar-refractivity contribution in [3.8, 4) is 11.5 Å². The Morgan fingerprint density at radius 3 is 2.46 bits per heavy atom. The Kier molecular flexibility index (Phi) is 4.39. The lowest BCUT2D eigenvalue weighted by Gasteiger charge is -2.08. The number of hydrogen-bond acceptors (Lipinski definition) is 4. The van der Waals surface area contributed by atoms with E-state index in [1.54, 1.807) is 36.4 Å². The number of carbonyl (C=O) groups is 1. The lowest BCUT2D eigenvalue weighted by Crippen LogP contribution is -2.07. The Morgan fingerprint density at radius 2 is 1.58 bits per heavy atom. The van der Waals surface area contributed by atoms with Crippen molar-refractivity contribution in [2.75, 3.05) is 0 Å². The Balaban J connectivity index is 1.44. The molecule has 0 aliphatic rings. The van der Waals surface area contributed by atoms with Gasteiger partial charge in [0.25, 0.3) is 0 Å². The van der Waals surface area contributed by atoms with Crippen LogP contribution in [-0.4, -0.2) is 5.97 Å². The molecular weight excluding hydrogens is 328 g/mol. The largest absolute Gasteiger partial charge is 0.485 e. The number of benzene rings is 3. The first-order valence-electron chi connectivity index (χ1n) is 8.26. The highest BCUT2D eigenvalue weighted by Crippen LogP contribution is 2.26. The van der Waals surface area contributed by atoms with Gasteiger partial charge in [-0.15, -0.1) is 0 Å². The van der Waals surface area contributed by atoms with Gasteiger partial charge in [0.1, 0.15) is 23.9 Å². The lowest BCUT2D eigenvalue weighted by molar-refractivity contribution is 0.0697. The van der Waals surface area contributed by atoms with Crippen molar-refractivity contribution < 1.29 is 18.7 Å². The number of fused-ring (bicyclic) bond motifs is 1. The standard InChI is InChI=1S/C22H16O4/c23-22(26-17-9-2-1-3-10-17)21-14-13-18(25-21)15-24-20-12-6-8-16-7-4-5-11-19(16)20/h1-14H,15H2. The molecule has 0 fully saturated rings. The molecule has 0 bridgehead atoms. The summed E-state index contributed by atoms with van der Waals surface area (Å²) in [6.45, 7) is 0.229. The van der Waals surface area contributed by atoms with Crippen molar-refractivity contribution in [3.05, 3.63) is 96.4 Å². The zero-order valence-electron chi connectivity index (χ0n) is 13.9. The molecule has 128 valence electrons. The molecule has 0 aliphatic heterocycles. The van der Waals surface area contributed by atoms with Crippen LogP contribution in [-0.2, 0) is 6.61 Å². The molecule has 4 nitrogen and oxygen atoms in total. The molecule has 0 saturated carbocycles. The molecule has 4 rings (SSSR count). The van der Waals surface area contributed by atoms with E-state index >= 15 is 0 Å². The summed E-state index contributed by atoms with van der Waals surface area (Å²) in [6.07, 6.45) is 0. The molecule has 0 unspecified atom stereocenters. The summed E-state index contributed by atoms with van der Waals surface area (Å²) in [5, 5.41) is 2.14. The topological polar surface area (TPSA) is 48.7 Å². The molecule has 0 atom stereocenters. The van der Waals surface area contributed by atoms with E-state index in [0.717, 1.165) is 16.5 Å². The number of carbonyl (C=O) groups excluding carboxylic acids is 1. The predicted octanol–water partition coefficient (Wildman–Crippen LogP) is 5.23. The summed E-state index contributed by atoms with van der Waals surface area (Å²) in [4.78, 5) is 12.1. The minimum absolute atomic E-state index is 0.144. The number of hydrogen-bond donors (Lipinski definition) is 0. The average Bonchev–Trinajstić information content (AvgIpc) is 3.16. The molecule has 0 amide bonds. The minimum Gasteiger partial charge on any atom is -0.485 e. The third-order valence-corrected chi connectivity index (χ3v) is 3.94. The summed E-state index contributed by atoms with van der Waals surface area (Å²) < 4.78 is 16.7. The number of furan rings is 1. The normalized spacial score (nSPS) is 10.6. The summed E-state index contributed by atoms with van der Waals surface area (Å²) in [6, 6.07) is 26.1. The fourth-order valence-electron chi connectivity index (χ4n) is 2.68. The molecule has 4 heteroatoms. The van der Waals surface area contributed by atoms with E-state index in [-0.39, 0.29) is 12.4 Å². The average molecular weight is 344 g/mol. The second-order valence-corrected chi connectivity index (χ2v) is 5.73. The van der Waals surface area contributed by atoms with Crippen LogP contribution in [0.25, 0.3) is 10.8 Å². The monoisotopic (exact) mass is 344 g/mol. The van der Waals surface area contributed by atoms with Crippen LogP contribution in [0.1, 0.15) is 16.3 Å². The molecule has 1 aromatic heterocycles. The summed E-state index contributed by atoms with van der Waals surface area (Å²) in [5.41, 5.74) is 0. The van der Waals surface area contributed by atoms with Crippen LogP contribution in [0.5, 0.6) is 11.5 Å². The first kappa shape index (κ1) is 16.0. The van der Waals surface area contributed by atoms with Crippen molar-refractivity contribution >= 4 is 16.7 Å². The van der Waals surface area contributed by atoms with Crippen LogP contribution in [0.4, 0.5) is 0 Å². The van der Waals surface area contributed by atoms with Crippen molar-refractivity contribution in [3.63, 3.8) is 0 Å². The third-order valence-electron chi connectivity index (χ3n) is 3.94. The van der Waals surface area contributed by atoms with E-state index in [4.69, 9.17) is 13.9 Å². The molecule has 1 heterocycles. The molecule has 0 saturated heterocycles. The fourth-order valence-corrected chi connectivity index (χ4v) is 2.68. The van der Waals surface area contributed by atoms with E-state index in [1.165, 1.54) is 0 Å². The van der Waals surface area contributed by atoms with Crippen molar-refractivity contribution in [2.24, 2.45) is 0 Å². The number of para-hydroxylation sites is 1. The Hall–Kier alpha value is -3.53. The van der Waals surface area contributed by atoms with Crippen molar-refractivity contribution in [1.29, 1.82) is 0 Å². The van der Waals surface area contributed by atoms with Gasteiger partial charge in [-0.05, 0) is 35.7 Å². The Labute approximate surface area is 150 Å². The van der Waals surface area contributed by atoms with Gasteiger partial charge in [-0.3, -0.25) is 0 Å². The molecule has 0 radical (unpaired) electrons. The molecule has 0 aliphatic carbocycles. The SMILES string of the molecule is O=C(Oc1ccccc1)c1ccc(COc2cccc3ccccc23)o1. The molecule has 26 heavy (non-hydrogen) atoms. The van der Waals surface area contributed by atoms with Crippen molar-refractivity contribution in [2.45, 2.75) is 6.61 Å². The number of ether oxygens (including phenoxy) is 2. The van der Waals surface area contributed by atoms with E-state index in [2.05, 4.69) is 0 Å². The maximum absolute atomic E-state index is 12.1. The maximum atomic E-state index is 12.1. The molecule has 0 N–H and O–H groups in total. The molecule has 3 aromatic carbocycles. The van der Waals surface area contributed by atoms with E-state index in [1.807, 2.05) is 48.5 Å². The summed E-state index contributed by atoms with van der Waals surface area (Å²) >= 11 is 0. The number of rotatable bonds is 5. The van der Waals surface area contributed by atoms with Crippen molar-refractivity contribution in [1.82, 2.24) is 0 Å². The second-order valence-electron chi connectivity index (χ2n) is 5.73. The van der Waals surface area contributed by atoms with E-state index < -0.39 is 5.97 Å². The quantitative estimate of drug-likeness (QED) is 0.367. The van der Waals surface area contributed by atoms with Crippen LogP contribution in [0.3, 0.4) is 0 Å². The molecular formula is C22H16O4. The maximum Gasteiger partial charge on any atom is 0.379 e. The Bertz CT molecular complexity index is 1030. The van der Waals surface area contributed by atoms with Crippen LogP contribution in [0.15, 0.2) is 89.3 Å². The van der Waals surface area contributed by atoms with E-state index in [9.17, 15) is 4.79 Å². The fraction of sp³-hybridized carbons (Fsp3) is 0.0455. The van der Waals surface area contributed by atoms with Gasteiger partial charge in [-0.2, -0.15) is 0 Å². The highest BCUT2D eigenvalue weighted by atomic mass is 16.5. The summed E-state index contributed by atoms with van der Waals surface area (Å²) in [7, 11) is 0.